The number of hydrogen-bond acceptors (Lipinski definition) is 3. The molecule has 0 aromatic carbocycles. The fourth-order valence-corrected chi connectivity index (χ4v) is 1.58. The minimum atomic E-state index is -0.504. The van der Waals surface area contributed by atoms with E-state index in [-0.39, 0.29) is 0 Å². The van der Waals surface area contributed by atoms with Crippen molar-refractivity contribution in [2.75, 3.05) is 0 Å². The lowest BCUT2D eigenvalue weighted by atomic mass is 10.1. The predicted molar refractivity (Wildman–Crippen MR) is 52.3 cm³/mol. The molecular weight excluding hydrogens is 181 g/mol. The molecule has 0 atom stereocenters. The fourth-order valence-electron chi connectivity index (χ4n) is 1.58. The molecule has 3 nitrogen and oxygen atoms in total. The Labute approximate surface area is 80.0 Å². The molecular formula is C10H6FN3. The van der Waals surface area contributed by atoms with Crippen molar-refractivity contribution in [2.45, 2.75) is 0 Å². The Morgan fingerprint density at radius 2 is 2.14 bits per heavy atom. The van der Waals surface area contributed by atoms with E-state index in [0.29, 0.717) is 5.96 Å². The number of allylic oxidation sites excluding steroid dienone is 5. The third-order valence-corrected chi connectivity index (χ3v) is 2.16. The first-order valence-corrected chi connectivity index (χ1v) is 4.23. The number of nitrogens with zero attached hydrogens (tertiary/aromatic N) is 3. The van der Waals surface area contributed by atoms with Crippen LogP contribution < -0.4 is 0 Å². The van der Waals surface area contributed by atoms with Gasteiger partial charge < -0.3 is 0 Å². The maximum Gasteiger partial charge on any atom is 0.237 e. The fraction of sp³-hybridized carbons (Fsp3) is 0. The number of hydrogen-bond donors (Lipinski definition) is 0. The van der Waals surface area contributed by atoms with Crippen LogP contribution in [-0.4, -0.2) is 17.1 Å². The topological polar surface area (TPSA) is 28.0 Å². The van der Waals surface area contributed by atoms with E-state index in [4.69, 9.17) is 0 Å². The van der Waals surface area contributed by atoms with Crippen LogP contribution in [-0.2, 0) is 0 Å². The van der Waals surface area contributed by atoms with E-state index in [1.807, 2.05) is 29.2 Å². The molecule has 0 aliphatic carbocycles. The summed E-state index contributed by atoms with van der Waals surface area (Å²) in [7, 11) is 0. The van der Waals surface area contributed by atoms with Gasteiger partial charge in [-0.2, -0.15) is 9.38 Å². The van der Waals surface area contributed by atoms with Gasteiger partial charge in [0.25, 0.3) is 0 Å². The molecule has 0 amide bonds. The highest BCUT2D eigenvalue weighted by Gasteiger charge is 2.25. The Kier molecular flexibility index (Phi) is 1.33. The van der Waals surface area contributed by atoms with Crippen molar-refractivity contribution in [3.8, 4) is 0 Å². The molecule has 3 heterocycles. The van der Waals surface area contributed by atoms with Crippen LogP contribution in [0.2, 0.25) is 0 Å². The van der Waals surface area contributed by atoms with E-state index in [0.717, 1.165) is 11.4 Å². The second-order valence-electron chi connectivity index (χ2n) is 3.03. The van der Waals surface area contributed by atoms with Gasteiger partial charge in [0.1, 0.15) is 0 Å². The summed E-state index contributed by atoms with van der Waals surface area (Å²) in [6, 6.07) is 0. The zero-order valence-corrected chi connectivity index (χ0v) is 7.18. The summed E-state index contributed by atoms with van der Waals surface area (Å²) >= 11 is 0. The Morgan fingerprint density at radius 1 is 1.21 bits per heavy atom. The van der Waals surface area contributed by atoms with Crippen molar-refractivity contribution in [3.05, 3.63) is 47.7 Å². The first-order chi connectivity index (χ1) is 6.84. The molecule has 0 unspecified atom stereocenters. The van der Waals surface area contributed by atoms with Crippen molar-refractivity contribution in [2.24, 2.45) is 9.98 Å². The molecule has 4 heteroatoms. The zero-order valence-electron chi connectivity index (χ0n) is 7.18. The third kappa shape index (κ3) is 0.907. The van der Waals surface area contributed by atoms with Gasteiger partial charge >= 0.3 is 0 Å². The van der Waals surface area contributed by atoms with Gasteiger partial charge in [-0.1, -0.05) is 6.08 Å². The van der Waals surface area contributed by atoms with Crippen LogP contribution in [0.1, 0.15) is 0 Å². The monoisotopic (exact) mass is 187 g/mol. The van der Waals surface area contributed by atoms with Crippen LogP contribution in [0.4, 0.5) is 4.39 Å². The lowest BCUT2D eigenvalue weighted by Crippen LogP contribution is -2.32. The van der Waals surface area contributed by atoms with E-state index in [9.17, 15) is 4.39 Å². The molecule has 0 N–H and O–H groups in total. The van der Waals surface area contributed by atoms with Crippen molar-refractivity contribution < 1.29 is 4.39 Å². The minimum absolute atomic E-state index is 0.387. The van der Waals surface area contributed by atoms with Crippen molar-refractivity contribution in [3.63, 3.8) is 0 Å². The molecule has 3 aliphatic heterocycles. The van der Waals surface area contributed by atoms with E-state index >= 15 is 0 Å². The van der Waals surface area contributed by atoms with Crippen LogP contribution in [0.5, 0.6) is 0 Å². The van der Waals surface area contributed by atoms with Gasteiger partial charge in [0, 0.05) is 12.3 Å². The maximum atomic E-state index is 13.0. The highest BCUT2D eigenvalue weighted by atomic mass is 19.1. The Morgan fingerprint density at radius 3 is 3.07 bits per heavy atom. The average Bonchev–Trinajstić information content (AvgIpc) is 2.18. The minimum Gasteiger partial charge on any atom is -0.279 e. The molecule has 0 aromatic heterocycles. The first kappa shape index (κ1) is 7.44. The average molecular weight is 187 g/mol. The quantitative estimate of drug-likeness (QED) is 0.532. The van der Waals surface area contributed by atoms with Gasteiger partial charge in [-0.3, -0.25) is 4.90 Å². The summed E-state index contributed by atoms with van der Waals surface area (Å²) < 4.78 is 13.0. The zero-order chi connectivity index (χ0) is 9.54. The van der Waals surface area contributed by atoms with E-state index < -0.39 is 5.95 Å². The highest BCUT2D eigenvalue weighted by Crippen LogP contribution is 2.28. The summed E-state index contributed by atoms with van der Waals surface area (Å²) in [6.07, 6.45) is 10.5. The number of rotatable bonds is 0. The summed E-state index contributed by atoms with van der Waals surface area (Å²) in [5.74, 6) is -0.116. The second-order valence-corrected chi connectivity index (χ2v) is 3.03. The molecule has 0 saturated heterocycles. The molecule has 3 aliphatic rings. The predicted octanol–water partition coefficient (Wildman–Crippen LogP) is 1.89. The summed E-state index contributed by atoms with van der Waals surface area (Å²) in [6.45, 7) is 0. The summed E-state index contributed by atoms with van der Waals surface area (Å²) in [4.78, 5) is 9.52. The van der Waals surface area contributed by atoms with Crippen LogP contribution >= 0.6 is 0 Å². The Balaban J connectivity index is 2.23. The van der Waals surface area contributed by atoms with Crippen LogP contribution in [0.25, 0.3) is 0 Å². The molecule has 68 valence electrons. The van der Waals surface area contributed by atoms with Gasteiger partial charge in [-0.05, 0) is 18.2 Å². The van der Waals surface area contributed by atoms with E-state index in [1.54, 1.807) is 6.21 Å². The first-order valence-electron chi connectivity index (χ1n) is 4.23. The number of halogens is 1. The molecule has 0 radical (unpaired) electrons. The lowest BCUT2D eigenvalue weighted by Gasteiger charge is -2.31. The molecule has 14 heavy (non-hydrogen) atoms. The SMILES string of the molecule is FC1=CC2=CC=CC3=CC=NC(=N1)N32. The molecule has 0 bridgehead atoms. The highest BCUT2D eigenvalue weighted by molar-refractivity contribution is 5.98. The van der Waals surface area contributed by atoms with Gasteiger partial charge in [-0.25, -0.2) is 4.99 Å². The Bertz CT molecular complexity index is 476. The molecule has 3 rings (SSSR count). The van der Waals surface area contributed by atoms with Crippen molar-refractivity contribution >= 4 is 12.2 Å². The lowest BCUT2D eigenvalue weighted by molar-refractivity contribution is 0.573. The number of guanidine groups is 1. The van der Waals surface area contributed by atoms with Gasteiger partial charge in [-0.15, -0.1) is 0 Å². The van der Waals surface area contributed by atoms with Crippen molar-refractivity contribution in [1.82, 2.24) is 4.90 Å². The van der Waals surface area contributed by atoms with Crippen LogP contribution in [0.3, 0.4) is 0 Å². The normalized spacial score (nSPS) is 22.2. The largest absolute Gasteiger partial charge is 0.279 e. The maximum absolute atomic E-state index is 13.0. The van der Waals surface area contributed by atoms with Gasteiger partial charge in [0.05, 0.1) is 11.4 Å². The summed E-state index contributed by atoms with van der Waals surface area (Å²) in [5.41, 5.74) is 1.72. The number of aliphatic imine (C=N–C) groups is 2. The van der Waals surface area contributed by atoms with Gasteiger partial charge in [0.15, 0.2) is 0 Å². The summed E-state index contributed by atoms with van der Waals surface area (Å²) in [5, 5.41) is 0. The van der Waals surface area contributed by atoms with E-state index in [2.05, 4.69) is 9.98 Å². The molecule has 0 aromatic rings. The van der Waals surface area contributed by atoms with Crippen LogP contribution in [0, 0.1) is 0 Å². The Hall–Kier alpha value is -1.97. The standard InChI is InChI=1S/C10H6FN3/c11-9-6-8-3-1-2-7-4-5-12-10(13-9)14(7)8/h1-6H. The van der Waals surface area contributed by atoms with Crippen LogP contribution in [0.15, 0.2) is 57.7 Å². The smallest absolute Gasteiger partial charge is 0.237 e. The van der Waals surface area contributed by atoms with Gasteiger partial charge in [0.2, 0.25) is 11.9 Å². The molecule has 0 spiro atoms. The third-order valence-electron chi connectivity index (χ3n) is 2.16. The molecule has 0 fully saturated rings. The van der Waals surface area contributed by atoms with Crippen molar-refractivity contribution in [1.29, 1.82) is 0 Å². The van der Waals surface area contributed by atoms with E-state index in [1.165, 1.54) is 6.08 Å². The molecule has 0 saturated carbocycles. The second kappa shape index (κ2) is 2.51.